The highest BCUT2D eigenvalue weighted by atomic mass is 19.1. The minimum absolute atomic E-state index is 0.0931. The summed E-state index contributed by atoms with van der Waals surface area (Å²) in [5.41, 5.74) is 0.546. The molecule has 1 heterocycles. The number of hydrogen-bond donors (Lipinski definition) is 2. The average Bonchev–Trinajstić information content (AvgIpc) is 2.42. The number of halogens is 1. The summed E-state index contributed by atoms with van der Waals surface area (Å²) in [4.78, 5) is 2.04. The lowest BCUT2D eigenvalue weighted by molar-refractivity contribution is 0.142. The maximum absolute atomic E-state index is 13.4. The first kappa shape index (κ1) is 13.1. The van der Waals surface area contributed by atoms with Gasteiger partial charge in [0.2, 0.25) is 0 Å². The molecule has 1 aliphatic heterocycles. The minimum atomic E-state index is -0.534. The van der Waals surface area contributed by atoms with Gasteiger partial charge >= 0.3 is 0 Å². The molecule has 1 saturated heterocycles. The molecule has 4 nitrogen and oxygen atoms in total. The van der Waals surface area contributed by atoms with Crippen molar-refractivity contribution >= 4 is 0 Å². The molecule has 0 spiro atoms. The summed E-state index contributed by atoms with van der Waals surface area (Å²) in [6, 6.07) is 4.58. The number of aromatic hydroxyl groups is 1. The highest BCUT2D eigenvalue weighted by Gasteiger charge is 2.27. The van der Waals surface area contributed by atoms with Gasteiger partial charge in [-0.1, -0.05) is 6.07 Å². The van der Waals surface area contributed by atoms with E-state index >= 15 is 0 Å². The van der Waals surface area contributed by atoms with Crippen LogP contribution in [0.25, 0.3) is 0 Å². The number of benzene rings is 1. The molecule has 5 heteroatoms. The van der Waals surface area contributed by atoms with Gasteiger partial charge in [-0.05, 0) is 12.1 Å². The van der Waals surface area contributed by atoms with E-state index in [2.05, 4.69) is 5.32 Å². The van der Waals surface area contributed by atoms with E-state index in [4.69, 9.17) is 4.74 Å². The lowest BCUT2D eigenvalue weighted by Crippen LogP contribution is -2.45. The molecule has 0 bridgehead atoms. The van der Waals surface area contributed by atoms with E-state index in [-0.39, 0.29) is 5.75 Å². The van der Waals surface area contributed by atoms with Crippen LogP contribution in [0.5, 0.6) is 11.5 Å². The van der Waals surface area contributed by atoms with Gasteiger partial charge in [-0.15, -0.1) is 0 Å². The Morgan fingerprint density at radius 2 is 2.17 bits per heavy atom. The number of alkyl halides is 1. The van der Waals surface area contributed by atoms with E-state index in [1.54, 1.807) is 18.2 Å². The van der Waals surface area contributed by atoms with E-state index in [0.717, 1.165) is 26.2 Å². The van der Waals surface area contributed by atoms with Crippen molar-refractivity contribution in [3.8, 4) is 11.5 Å². The van der Waals surface area contributed by atoms with E-state index in [0.29, 0.717) is 11.3 Å². The van der Waals surface area contributed by atoms with E-state index in [1.807, 2.05) is 4.90 Å². The second-order valence-corrected chi connectivity index (χ2v) is 4.35. The second kappa shape index (κ2) is 6.02. The third-order valence-corrected chi connectivity index (χ3v) is 3.33. The third kappa shape index (κ3) is 2.57. The van der Waals surface area contributed by atoms with E-state index in [1.165, 1.54) is 7.11 Å². The number of ether oxygens (including phenoxy) is 1. The zero-order chi connectivity index (χ0) is 13.0. The van der Waals surface area contributed by atoms with Crippen LogP contribution >= 0.6 is 0 Å². The summed E-state index contributed by atoms with van der Waals surface area (Å²) in [5.74, 6) is 0.631. The summed E-state index contributed by atoms with van der Waals surface area (Å²) in [6.45, 7) is 2.69. The summed E-state index contributed by atoms with van der Waals surface area (Å²) < 4.78 is 18.6. The van der Waals surface area contributed by atoms with Crippen molar-refractivity contribution in [3.63, 3.8) is 0 Å². The fourth-order valence-corrected chi connectivity index (χ4v) is 2.40. The van der Waals surface area contributed by atoms with Crippen LogP contribution in [0.2, 0.25) is 0 Å². The quantitative estimate of drug-likeness (QED) is 0.850. The number of phenolic OH excluding ortho intramolecular Hbond substituents is 1. The third-order valence-electron chi connectivity index (χ3n) is 3.33. The monoisotopic (exact) mass is 254 g/mol. The zero-order valence-electron chi connectivity index (χ0n) is 10.5. The Bertz CT molecular complexity index is 395. The fourth-order valence-electron chi connectivity index (χ4n) is 2.40. The Balaban J connectivity index is 2.31. The first-order valence-corrected chi connectivity index (χ1v) is 6.14. The number of phenols is 1. The molecule has 1 aliphatic rings. The Morgan fingerprint density at radius 1 is 1.44 bits per heavy atom. The standard InChI is InChI=1S/C13H19FN2O2/c1-18-12-4-2-3-11(17)13(12)10(9-14)16-7-5-15-6-8-16/h2-4,10,15,17H,5-9H2,1H3/t10-/m0/s1. The molecule has 0 radical (unpaired) electrons. The summed E-state index contributed by atoms with van der Waals surface area (Å²) >= 11 is 0. The molecule has 1 atom stereocenters. The smallest absolute Gasteiger partial charge is 0.127 e. The lowest BCUT2D eigenvalue weighted by Gasteiger charge is -2.34. The molecular formula is C13H19FN2O2. The molecule has 0 aliphatic carbocycles. The number of nitrogens with zero attached hydrogens (tertiary/aromatic N) is 1. The molecule has 1 fully saturated rings. The van der Waals surface area contributed by atoms with Crippen LogP contribution in [-0.2, 0) is 0 Å². The van der Waals surface area contributed by atoms with Crippen LogP contribution in [0, 0.1) is 0 Å². The molecule has 0 unspecified atom stereocenters. The molecule has 1 aromatic carbocycles. The highest BCUT2D eigenvalue weighted by molar-refractivity contribution is 5.46. The topological polar surface area (TPSA) is 44.7 Å². The average molecular weight is 254 g/mol. The predicted octanol–water partition coefficient (Wildman–Crippen LogP) is 1.32. The molecule has 2 N–H and O–H groups in total. The first-order valence-electron chi connectivity index (χ1n) is 6.14. The van der Waals surface area contributed by atoms with Crippen LogP contribution in [0.1, 0.15) is 11.6 Å². The molecule has 2 rings (SSSR count). The van der Waals surface area contributed by atoms with Crippen molar-refractivity contribution in [3.05, 3.63) is 23.8 Å². The van der Waals surface area contributed by atoms with Gasteiger partial charge in [-0.25, -0.2) is 4.39 Å². The molecule has 0 amide bonds. The lowest BCUT2D eigenvalue weighted by atomic mass is 10.0. The first-order chi connectivity index (χ1) is 8.77. The van der Waals surface area contributed by atoms with Gasteiger partial charge in [0.15, 0.2) is 0 Å². The molecule has 100 valence electrons. The Kier molecular flexibility index (Phi) is 4.38. The van der Waals surface area contributed by atoms with Crippen molar-refractivity contribution in [1.29, 1.82) is 0 Å². The molecular weight excluding hydrogens is 235 g/mol. The summed E-state index contributed by atoms with van der Waals surface area (Å²) in [7, 11) is 1.53. The maximum atomic E-state index is 13.4. The van der Waals surface area contributed by atoms with Gasteiger partial charge in [0.25, 0.3) is 0 Å². The number of nitrogens with one attached hydrogen (secondary N) is 1. The van der Waals surface area contributed by atoms with Crippen molar-refractivity contribution in [2.75, 3.05) is 40.0 Å². The van der Waals surface area contributed by atoms with Crippen molar-refractivity contribution in [2.45, 2.75) is 6.04 Å². The Labute approximate surface area is 106 Å². The largest absolute Gasteiger partial charge is 0.507 e. The van der Waals surface area contributed by atoms with Crippen LogP contribution in [-0.4, -0.2) is 50.0 Å². The normalized spacial score (nSPS) is 18.6. The Morgan fingerprint density at radius 3 is 2.78 bits per heavy atom. The van der Waals surface area contributed by atoms with Gasteiger partial charge < -0.3 is 15.2 Å². The SMILES string of the molecule is COc1cccc(O)c1[C@H](CF)N1CCNCC1. The zero-order valence-corrected chi connectivity index (χ0v) is 10.5. The van der Waals surface area contributed by atoms with Gasteiger partial charge in [-0.2, -0.15) is 0 Å². The van der Waals surface area contributed by atoms with Crippen LogP contribution in [0.3, 0.4) is 0 Å². The van der Waals surface area contributed by atoms with Crippen LogP contribution < -0.4 is 10.1 Å². The van der Waals surface area contributed by atoms with Gasteiger partial charge in [-0.3, -0.25) is 4.90 Å². The van der Waals surface area contributed by atoms with Crippen molar-refractivity contribution < 1.29 is 14.2 Å². The predicted molar refractivity (Wildman–Crippen MR) is 67.8 cm³/mol. The molecule has 18 heavy (non-hydrogen) atoms. The maximum Gasteiger partial charge on any atom is 0.127 e. The molecule has 0 saturated carbocycles. The van der Waals surface area contributed by atoms with E-state index in [9.17, 15) is 9.50 Å². The van der Waals surface area contributed by atoms with Crippen LogP contribution in [0.15, 0.2) is 18.2 Å². The van der Waals surface area contributed by atoms with E-state index < -0.39 is 12.7 Å². The van der Waals surface area contributed by atoms with Gasteiger partial charge in [0.1, 0.15) is 18.2 Å². The molecule has 0 aromatic heterocycles. The van der Waals surface area contributed by atoms with Gasteiger partial charge in [0.05, 0.1) is 18.7 Å². The number of piperazine rings is 1. The summed E-state index contributed by atoms with van der Waals surface area (Å²) in [5, 5.41) is 13.2. The fraction of sp³-hybridized carbons (Fsp3) is 0.538. The minimum Gasteiger partial charge on any atom is -0.507 e. The Hall–Kier alpha value is -1.33. The van der Waals surface area contributed by atoms with Crippen molar-refractivity contribution in [1.82, 2.24) is 10.2 Å². The van der Waals surface area contributed by atoms with Gasteiger partial charge in [0, 0.05) is 26.2 Å². The number of hydrogen-bond acceptors (Lipinski definition) is 4. The van der Waals surface area contributed by atoms with Crippen molar-refractivity contribution in [2.24, 2.45) is 0 Å². The summed E-state index contributed by atoms with van der Waals surface area (Å²) in [6.07, 6.45) is 0. The molecule has 1 aromatic rings. The highest BCUT2D eigenvalue weighted by Crippen LogP contribution is 2.36. The number of methoxy groups -OCH3 is 1. The van der Waals surface area contributed by atoms with Crippen LogP contribution in [0.4, 0.5) is 4.39 Å². The second-order valence-electron chi connectivity index (χ2n) is 4.35. The number of rotatable bonds is 4.